The van der Waals surface area contributed by atoms with Crippen LogP contribution in [0.4, 0.5) is 11.4 Å². The molecule has 3 aliphatic rings. The van der Waals surface area contributed by atoms with Gasteiger partial charge in [0.15, 0.2) is 0 Å². The second-order valence-corrected chi connectivity index (χ2v) is 10.4. The number of benzene rings is 3. The topological polar surface area (TPSA) is 41.1 Å². The van der Waals surface area contributed by atoms with Crippen molar-refractivity contribution >= 4 is 17.3 Å². The summed E-state index contributed by atoms with van der Waals surface area (Å²) in [7, 11) is 0. The number of para-hydroxylation sites is 1. The van der Waals surface area contributed by atoms with Crippen LogP contribution in [0.1, 0.15) is 77.7 Å². The van der Waals surface area contributed by atoms with E-state index in [1.54, 1.807) is 0 Å². The summed E-state index contributed by atoms with van der Waals surface area (Å²) < 4.78 is 0. The van der Waals surface area contributed by atoms with Crippen LogP contribution in [0.2, 0.25) is 0 Å². The van der Waals surface area contributed by atoms with Crippen molar-refractivity contribution in [1.29, 1.82) is 0 Å². The van der Waals surface area contributed by atoms with E-state index in [-0.39, 0.29) is 5.91 Å². The lowest BCUT2D eigenvalue weighted by Crippen LogP contribution is -2.35. The number of hydrogen-bond acceptors (Lipinski definition) is 2. The minimum Gasteiger partial charge on any atom is -0.378 e. The first kappa shape index (κ1) is 21.5. The third-order valence-corrected chi connectivity index (χ3v) is 8.75. The van der Waals surface area contributed by atoms with Gasteiger partial charge in [0.2, 0.25) is 0 Å². The Bertz CT molecular complexity index is 1200. The molecule has 2 fully saturated rings. The van der Waals surface area contributed by atoms with Crippen molar-refractivity contribution in [3.63, 3.8) is 0 Å². The molecular weight excluding hydrogens is 416 g/mol. The van der Waals surface area contributed by atoms with E-state index in [2.05, 4.69) is 85.1 Å². The number of carbonyl (C=O) groups is 1. The molecule has 1 aliphatic heterocycles. The van der Waals surface area contributed by atoms with Gasteiger partial charge >= 0.3 is 0 Å². The molecule has 0 spiro atoms. The van der Waals surface area contributed by atoms with Crippen molar-refractivity contribution in [3.8, 4) is 0 Å². The molecule has 2 bridgehead atoms. The van der Waals surface area contributed by atoms with Crippen LogP contribution < -0.4 is 10.6 Å². The van der Waals surface area contributed by atoms with E-state index >= 15 is 0 Å². The predicted octanol–water partition coefficient (Wildman–Crippen LogP) is 7.36. The van der Waals surface area contributed by atoms with E-state index in [0.717, 1.165) is 35.9 Å². The van der Waals surface area contributed by atoms with Gasteiger partial charge in [-0.15, -0.1) is 0 Å². The fraction of sp³-hybridized carbons (Fsp3) is 0.387. The van der Waals surface area contributed by atoms with Crippen LogP contribution >= 0.6 is 0 Å². The van der Waals surface area contributed by atoms with Crippen LogP contribution in [-0.2, 0) is 12.8 Å². The highest BCUT2D eigenvalue weighted by molar-refractivity contribution is 6.05. The molecule has 3 heteroatoms. The van der Waals surface area contributed by atoms with Gasteiger partial charge in [-0.3, -0.25) is 4.79 Å². The molecule has 0 saturated heterocycles. The zero-order valence-corrected chi connectivity index (χ0v) is 20.2. The molecule has 3 nitrogen and oxygen atoms in total. The maximum Gasteiger partial charge on any atom is 0.255 e. The average Bonchev–Trinajstić information content (AvgIpc) is 3.51. The van der Waals surface area contributed by atoms with Gasteiger partial charge in [0.1, 0.15) is 0 Å². The number of aryl methyl sites for hydroxylation is 2. The molecular formula is C31H34N2O. The Balaban J connectivity index is 1.35. The number of carbonyl (C=O) groups excluding carboxylic acids is 1. The summed E-state index contributed by atoms with van der Waals surface area (Å²) in [5.74, 6) is 2.68. The Morgan fingerprint density at radius 2 is 1.65 bits per heavy atom. The summed E-state index contributed by atoms with van der Waals surface area (Å²) in [6, 6.07) is 24.0. The van der Waals surface area contributed by atoms with Crippen molar-refractivity contribution in [2.24, 2.45) is 17.8 Å². The van der Waals surface area contributed by atoms with Crippen LogP contribution in [0.15, 0.2) is 66.7 Å². The molecule has 3 aromatic carbocycles. The predicted molar refractivity (Wildman–Crippen MR) is 139 cm³/mol. The van der Waals surface area contributed by atoms with Crippen LogP contribution in [0.3, 0.4) is 0 Å². The molecule has 1 heterocycles. The molecule has 2 N–H and O–H groups in total. The number of rotatable bonds is 5. The van der Waals surface area contributed by atoms with E-state index in [0.29, 0.717) is 17.9 Å². The Kier molecular flexibility index (Phi) is 5.44. The Morgan fingerprint density at radius 3 is 2.38 bits per heavy atom. The molecule has 34 heavy (non-hydrogen) atoms. The summed E-state index contributed by atoms with van der Waals surface area (Å²) in [6.45, 7) is 4.29. The maximum atomic E-state index is 13.4. The van der Waals surface area contributed by atoms with Gasteiger partial charge in [-0.1, -0.05) is 62.4 Å². The molecule has 5 atom stereocenters. The third-order valence-electron chi connectivity index (χ3n) is 8.75. The third kappa shape index (κ3) is 3.45. The quantitative estimate of drug-likeness (QED) is 0.426. The van der Waals surface area contributed by atoms with Crippen molar-refractivity contribution in [2.75, 3.05) is 10.6 Å². The van der Waals surface area contributed by atoms with E-state index in [9.17, 15) is 4.79 Å². The SMILES string of the molecule is CCc1cccc(CC)c1NC(=O)c1ccc2c(c1)[C@@H]1[C@H]3CC[C@@H](C3)[C@H]1[C@@H](c1ccccc1)N2. The van der Waals surface area contributed by atoms with Gasteiger partial charge < -0.3 is 10.6 Å². The van der Waals surface area contributed by atoms with E-state index in [4.69, 9.17) is 0 Å². The molecule has 1 amide bonds. The number of anilines is 2. The van der Waals surface area contributed by atoms with Crippen molar-refractivity contribution in [3.05, 3.63) is 94.5 Å². The second-order valence-electron chi connectivity index (χ2n) is 10.4. The fourth-order valence-corrected chi connectivity index (χ4v) is 7.21. The summed E-state index contributed by atoms with van der Waals surface area (Å²) in [4.78, 5) is 13.4. The molecule has 0 radical (unpaired) electrons. The average molecular weight is 451 g/mol. The van der Waals surface area contributed by atoms with E-state index < -0.39 is 0 Å². The zero-order valence-electron chi connectivity index (χ0n) is 20.2. The lowest BCUT2D eigenvalue weighted by molar-refractivity contribution is 0.102. The number of nitrogens with one attached hydrogen (secondary N) is 2. The minimum atomic E-state index is 0.00305. The van der Waals surface area contributed by atoms with Gasteiger partial charge in [-0.25, -0.2) is 0 Å². The molecule has 6 rings (SSSR count). The second kappa shape index (κ2) is 8.61. The Morgan fingerprint density at radius 1 is 0.912 bits per heavy atom. The number of fused-ring (bicyclic) bond motifs is 7. The molecule has 174 valence electrons. The zero-order chi connectivity index (χ0) is 23.2. The van der Waals surface area contributed by atoms with Crippen molar-refractivity contribution < 1.29 is 4.79 Å². The van der Waals surface area contributed by atoms with Crippen LogP contribution in [-0.4, -0.2) is 5.91 Å². The van der Waals surface area contributed by atoms with E-state index in [1.165, 1.54) is 47.2 Å². The molecule has 3 aromatic rings. The van der Waals surface area contributed by atoms with Gasteiger partial charge in [0.25, 0.3) is 5.91 Å². The van der Waals surface area contributed by atoms with Gasteiger partial charge in [0.05, 0.1) is 6.04 Å². The first-order valence-corrected chi connectivity index (χ1v) is 13.1. The smallest absolute Gasteiger partial charge is 0.255 e. The fourth-order valence-electron chi connectivity index (χ4n) is 7.21. The van der Waals surface area contributed by atoms with Crippen molar-refractivity contribution in [1.82, 2.24) is 0 Å². The lowest BCUT2D eigenvalue weighted by Gasteiger charge is -2.43. The van der Waals surface area contributed by atoms with Crippen LogP contribution in [0.25, 0.3) is 0 Å². The highest BCUT2D eigenvalue weighted by atomic mass is 16.1. The van der Waals surface area contributed by atoms with E-state index in [1.807, 2.05) is 6.07 Å². The van der Waals surface area contributed by atoms with Crippen molar-refractivity contribution in [2.45, 2.75) is 57.9 Å². The van der Waals surface area contributed by atoms with Crippen LogP contribution in [0.5, 0.6) is 0 Å². The van der Waals surface area contributed by atoms with Gasteiger partial charge in [0, 0.05) is 16.9 Å². The molecule has 0 aromatic heterocycles. The summed E-state index contributed by atoms with van der Waals surface area (Å²) in [5.41, 5.74) is 8.13. The Hall–Kier alpha value is -3.07. The molecule has 2 saturated carbocycles. The normalized spacial score (nSPS) is 26.5. The van der Waals surface area contributed by atoms with Gasteiger partial charge in [-0.05, 0) is 96.2 Å². The molecule has 0 unspecified atom stereocenters. The highest BCUT2D eigenvalue weighted by Gasteiger charge is 2.53. The standard InChI is InChI=1S/C31H34N2O/c1-3-19-11-8-12-20(4-2)29(19)33-31(34)24-15-16-26-25(18-24)27-22-13-14-23(17-22)28(27)30(32-26)21-9-6-5-7-10-21/h5-12,15-16,18,22-23,27-28,30,32H,3-4,13-14,17H2,1-2H3,(H,33,34)/t22-,23-,27-,28+,30+/m0/s1. The summed E-state index contributed by atoms with van der Waals surface area (Å²) >= 11 is 0. The lowest BCUT2D eigenvalue weighted by atomic mass is 9.68. The van der Waals surface area contributed by atoms with Gasteiger partial charge in [-0.2, -0.15) is 0 Å². The number of amides is 1. The summed E-state index contributed by atoms with van der Waals surface area (Å²) in [6.07, 6.45) is 5.82. The monoisotopic (exact) mass is 450 g/mol. The molecule has 2 aliphatic carbocycles. The summed E-state index contributed by atoms with van der Waals surface area (Å²) in [5, 5.41) is 7.16. The minimum absolute atomic E-state index is 0.00305. The largest absolute Gasteiger partial charge is 0.378 e. The number of hydrogen-bond donors (Lipinski definition) is 2. The first-order valence-electron chi connectivity index (χ1n) is 13.1. The highest BCUT2D eigenvalue weighted by Crippen LogP contribution is 2.63. The Labute approximate surface area is 203 Å². The van der Waals surface area contributed by atoms with Crippen LogP contribution in [0, 0.1) is 17.8 Å². The first-order chi connectivity index (χ1) is 16.7. The maximum absolute atomic E-state index is 13.4.